The summed E-state index contributed by atoms with van der Waals surface area (Å²) < 4.78 is 9.62. The van der Waals surface area contributed by atoms with Crippen molar-refractivity contribution < 1.29 is 38.2 Å². The monoisotopic (exact) mass is 949 g/mol. The smallest absolute Gasteiger partial charge is 0.407 e. The van der Waals surface area contributed by atoms with Crippen LogP contribution in [0.1, 0.15) is 136 Å². The molecule has 4 N–H and O–H groups in total. The molecule has 19 heteroatoms. The zero-order valence-corrected chi connectivity index (χ0v) is 41.5. The second kappa shape index (κ2) is 21.1. The van der Waals surface area contributed by atoms with Crippen LogP contribution in [0.4, 0.5) is 25.5 Å². The number of alkyl carbamates (subject to hydrolysis) is 2. The maximum absolute atomic E-state index is 14.0. The van der Waals surface area contributed by atoms with E-state index < -0.39 is 41.8 Å². The number of methoxy groups -OCH3 is 2. The summed E-state index contributed by atoms with van der Waals surface area (Å²) in [6, 6.07) is 5.05. The van der Waals surface area contributed by atoms with Crippen LogP contribution in [0.25, 0.3) is 0 Å². The molecule has 360 valence electrons. The van der Waals surface area contributed by atoms with Gasteiger partial charge in [-0.05, 0) is 79.4 Å². The van der Waals surface area contributed by atoms with Gasteiger partial charge in [0.25, 0.3) is 0 Å². The summed E-state index contributed by atoms with van der Waals surface area (Å²) in [5.74, 6) is -1.47. The van der Waals surface area contributed by atoms with Crippen molar-refractivity contribution in [1.82, 2.24) is 30.4 Å². The normalized spacial score (nSPS) is 21.2. The molecule has 17 nitrogen and oxygen atoms in total. The van der Waals surface area contributed by atoms with Gasteiger partial charge in [-0.15, -0.1) is 22.7 Å². The number of anilines is 3. The second-order valence-corrected chi connectivity index (χ2v) is 21.0. The van der Waals surface area contributed by atoms with Crippen LogP contribution < -0.4 is 26.2 Å². The van der Waals surface area contributed by atoms with Crippen molar-refractivity contribution in [2.45, 2.75) is 148 Å². The molecule has 3 aliphatic heterocycles. The number of amides is 6. The number of aromatic nitrogens is 2. The molecule has 1 aromatic carbocycles. The molecular weight excluding hydrogens is 883 g/mol. The first-order chi connectivity index (χ1) is 31.3. The molecule has 66 heavy (non-hydrogen) atoms. The van der Waals surface area contributed by atoms with Crippen molar-refractivity contribution in [3.05, 3.63) is 52.0 Å². The number of carbonyl (C=O) groups is 6. The van der Waals surface area contributed by atoms with Gasteiger partial charge in [0.1, 0.15) is 24.2 Å². The average molecular weight is 950 g/mol. The Hall–Kier alpha value is -5.30. The van der Waals surface area contributed by atoms with E-state index in [-0.39, 0.29) is 47.0 Å². The molecule has 0 radical (unpaired) electrons. The van der Waals surface area contributed by atoms with Crippen LogP contribution in [-0.4, -0.2) is 107 Å². The van der Waals surface area contributed by atoms with Crippen LogP contribution in [0.15, 0.2) is 35.0 Å². The van der Waals surface area contributed by atoms with E-state index >= 15 is 0 Å². The fraction of sp³-hybridized carbons (Fsp3) is 0.617. The third-order valence-corrected chi connectivity index (χ3v) is 15.2. The molecular formula is C47H67N9O8S2. The summed E-state index contributed by atoms with van der Waals surface area (Å²) in [6.07, 6.45) is 3.61. The Morgan fingerprint density at radius 2 is 1.21 bits per heavy atom. The van der Waals surface area contributed by atoms with Crippen LogP contribution in [0.2, 0.25) is 0 Å². The van der Waals surface area contributed by atoms with Crippen LogP contribution >= 0.6 is 22.7 Å². The van der Waals surface area contributed by atoms with Gasteiger partial charge in [-0.3, -0.25) is 19.2 Å². The van der Waals surface area contributed by atoms with E-state index in [9.17, 15) is 28.8 Å². The summed E-state index contributed by atoms with van der Waals surface area (Å²) in [7, 11) is 2.51. The Bertz CT molecular complexity index is 2220. The molecule has 6 rings (SSSR count). The van der Waals surface area contributed by atoms with Crippen molar-refractivity contribution >= 4 is 74.4 Å². The van der Waals surface area contributed by atoms with Crippen LogP contribution in [0.5, 0.6) is 0 Å². The van der Waals surface area contributed by atoms with Gasteiger partial charge in [-0.2, -0.15) is 0 Å². The molecule has 3 saturated heterocycles. The first-order valence-corrected chi connectivity index (χ1v) is 24.8. The number of hydrogen-bond donors (Lipinski definition) is 4. The van der Waals surface area contributed by atoms with Crippen molar-refractivity contribution in [2.24, 2.45) is 11.3 Å². The number of nitrogens with one attached hydrogen (secondary N) is 4. The molecule has 0 bridgehead atoms. The Balaban J connectivity index is 1.20. The maximum atomic E-state index is 14.0. The molecule has 6 amide bonds. The molecule has 0 spiro atoms. The van der Waals surface area contributed by atoms with E-state index in [1.807, 2.05) is 45.4 Å². The minimum absolute atomic E-state index is 0.0522. The molecule has 5 heterocycles. The van der Waals surface area contributed by atoms with E-state index in [1.165, 1.54) is 42.5 Å². The number of ether oxygens (including phenoxy) is 2. The summed E-state index contributed by atoms with van der Waals surface area (Å²) in [5.41, 5.74) is 3.11. The zero-order valence-electron chi connectivity index (χ0n) is 39.9. The van der Waals surface area contributed by atoms with Crippen LogP contribution in [-0.2, 0) is 34.1 Å². The highest BCUT2D eigenvalue weighted by Gasteiger charge is 2.44. The minimum atomic E-state index is -0.877. The van der Waals surface area contributed by atoms with Crippen LogP contribution in [0, 0.1) is 11.3 Å². The van der Waals surface area contributed by atoms with Gasteiger partial charge in [0.15, 0.2) is 10.3 Å². The molecule has 0 aliphatic carbocycles. The number of benzene rings is 1. The number of rotatable bonds is 15. The van der Waals surface area contributed by atoms with Gasteiger partial charge in [-0.25, -0.2) is 19.6 Å². The highest BCUT2D eigenvalue weighted by Crippen LogP contribution is 2.48. The second-order valence-electron chi connectivity index (χ2n) is 19.2. The lowest BCUT2D eigenvalue weighted by Gasteiger charge is -2.36. The van der Waals surface area contributed by atoms with Gasteiger partial charge < -0.3 is 45.4 Å². The highest BCUT2D eigenvalue weighted by molar-refractivity contribution is 7.14. The fourth-order valence-corrected chi connectivity index (χ4v) is 10.6. The van der Waals surface area contributed by atoms with Crippen molar-refractivity contribution in [3.63, 3.8) is 0 Å². The van der Waals surface area contributed by atoms with E-state index in [0.717, 1.165) is 29.9 Å². The summed E-state index contributed by atoms with van der Waals surface area (Å²) >= 11 is 2.66. The zero-order chi connectivity index (χ0) is 48.1. The SMILES string of the molecule is CC[C@H](C)[C@H](NC(=O)OC)C(=O)N1CCC[C@H]1C(=O)Nc1nc([C@H]2CC[C@H](c3csc(NC(=O)[C@@H]4CCCN4C(=O)[C@@H](NC(=O)OC)C(C)(C)CC)n3)N2c2ccc(C(C)(C)C)cc2)cs1. The number of nitrogens with zero attached hydrogens (tertiary/aromatic N) is 5. The first kappa shape index (κ1) is 50.1. The molecule has 3 aliphatic rings. The minimum Gasteiger partial charge on any atom is -0.453 e. The molecule has 2 aromatic heterocycles. The largest absolute Gasteiger partial charge is 0.453 e. The van der Waals surface area contributed by atoms with Gasteiger partial charge >= 0.3 is 12.2 Å². The summed E-state index contributed by atoms with van der Waals surface area (Å²) in [4.78, 5) is 95.3. The maximum Gasteiger partial charge on any atom is 0.407 e. The van der Waals surface area contributed by atoms with Crippen molar-refractivity contribution in [2.75, 3.05) is 42.8 Å². The standard InChI is InChI=1S/C47H67N9O8S2/c1-11-27(3)36(50-44(61)63-9)40(59)54-23-13-15-34(54)38(57)52-42-48-30(25-65-42)32-21-22-33(56(32)29-19-17-28(18-20-29)46(4,5)6)31-26-66-43(49-31)53-39(58)35-16-14-24-55(35)41(60)37(47(7,8)12-2)51-45(62)64-10/h17-20,25-27,32-37H,11-16,21-24H2,1-10H3,(H,50,61)(H,51,62)(H,48,52,57)(H,49,53,58)/t27-,32+,33+,34-,35-,36-,37+/m0/s1. The first-order valence-electron chi connectivity index (χ1n) is 23.0. The van der Waals surface area contributed by atoms with Crippen molar-refractivity contribution in [1.29, 1.82) is 0 Å². The van der Waals surface area contributed by atoms with Gasteiger partial charge in [0.05, 0.1) is 37.7 Å². The summed E-state index contributed by atoms with van der Waals surface area (Å²) in [5, 5.41) is 16.2. The average Bonchev–Trinajstić information content (AvgIpc) is 4.16. The molecule has 7 atom stereocenters. The van der Waals surface area contributed by atoms with Gasteiger partial charge in [0.2, 0.25) is 23.6 Å². The molecule has 0 unspecified atom stereocenters. The Kier molecular flexibility index (Phi) is 16.0. The van der Waals surface area contributed by atoms with Crippen LogP contribution in [0.3, 0.4) is 0 Å². The van der Waals surface area contributed by atoms with E-state index in [2.05, 4.69) is 71.2 Å². The molecule has 3 fully saturated rings. The third-order valence-electron chi connectivity index (χ3n) is 13.6. The number of carbonyl (C=O) groups excluding carboxylic acids is 6. The lowest BCUT2D eigenvalue weighted by atomic mass is 9.81. The van der Waals surface area contributed by atoms with E-state index in [4.69, 9.17) is 19.4 Å². The van der Waals surface area contributed by atoms with E-state index in [1.54, 1.807) is 9.80 Å². The lowest BCUT2D eigenvalue weighted by molar-refractivity contribution is -0.140. The topological polar surface area (TPSA) is 204 Å². The molecule has 3 aromatic rings. The third kappa shape index (κ3) is 11.1. The van der Waals surface area contributed by atoms with Gasteiger partial charge in [-0.1, -0.05) is 73.9 Å². The summed E-state index contributed by atoms with van der Waals surface area (Å²) in [6.45, 7) is 16.9. The van der Waals surface area contributed by atoms with E-state index in [0.29, 0.717) is 61.9 Å². The lowest BCUT2D eigenvalue weighted by Crippen LogP contribution is -2.57. The Morgan fingerprint density at radius 3 is 1.67 bits per heavy atom. The number of likely N-dealkylation sites (tertiary alicyclic amines) is 2. The Labute approximate surface area is 396 Å². The van der Waals surface area contributed by atoms with Crippen molar-refractivity contribution in [3.8, 4) is 0 Å². The number of thiazole rings is 2. The predicted octanol–water partition coefficient (Wildman–Crippen LogP) is 7.77. The predicted molar refractivity (Wildman–Crippen MR) is 255 cm³/mol. The fourth-order valence-electron chi connectivity index (χ4n) is 9.05. The van der Waals surface area contributed by atoms with Gasteiger partial charge in [0, 0.05) is 29.5 Å². The Morgan fingerprint density at radius 1 is 0.727 bits per heavy atom. The number of hydrogen-bond acceptors (Lipinski definition) is 13. The highest BCUT2D eigenvalue weighted by atomic mass is 32.1. The quantitative estimate of drug-likeness (QED) is 0.116. The molecule has 0 saturated carbocycles.